The Bertz CT molecular complexity index is 269. The molecule has 0 aliphatic heterocycles. The fourth-order valence-corrected chi connectivity index (χ4v) is 1.37. The Balaban J connectivity index is 2.31. The van der Waals surface area contributed by atoms with E-state index >= 15 is 0 Å². The Hall–Kier alpha value is -1.15. The molecule has 1 aromatic rings. The Kier molecular flexibility index (Phi) is 5.71. The molecule has 2 heteroatoms. The van der Waals surface area contributed by atoms with Crippen molar-refractivity contribution in [3.63, 3.8) is 0 Å². The second-order valence-electron chi connectivity index (χ2n) is 3.61. The lowest BCUT2D eigenvalue weighted by molar-refractivity contribution is -0.119. The summed E-state index contributed by atoms with van der Waals surface area (Å²) in [5.74, 6) is 0. The molecule has 1 aromatic carbocycles. The van der Waals surface area contributed by atoms with E-state index in [0.717, 1.165) is 31.1 Å². The SMILES string of the molecule is CCCCC(C=O)OCc1ccccc1. The smallest absolute Gasteiger partial charge is 0.148 e. The van der Waals surface area contributed by atoms with Gasteiger partial charge in [0.1, 0.15) is 12.4 Å². The van der Waals surface area contributed by atoms with E-state index in [0.29, 0.717) is 6.61 Å². The van der Waals surface area contributed by atoms with Crippen molar-refractivity contribution in [1.29, 1.82) is 0 Å². The maximum absolute atomic E-state index is 10.7. The molecule has 0 N–H and O–H groups in total. The van der Waals surface area contributed by atoms with Gasteiger partial charge in [0, 0.05) is 0 Å². The van der Waals surface area contributed by atoms with Gasteiger partial charge in [0.2, 0.25) is 0 Å². The van der Waals surface area contributed by atoms with E-state index in [9.17, 15) is 4.79 Å². The maximum Gasteiger partial charge on any atom is 0.148 e. The van der Waals surface area contributed by atoms with E-state index in [-0.39, 0.29) is 6.10 Å². The molecule has 0 bridgehead atoms. The van der Waals surface area contributed by atoms with Gasteiger partial charge in [0.05, 0.1) is 6.61 Å². The molecule has 1 unspecified atom stereocenters. The van der Waals surface area contributed by atoms with Crippen LogP contribution < -0.4 is 0 Å². The topological polar surface area (TPSA) is 26.3 Å². The van der Waals surface area contributed by atoms with Crippen molar-refractivity contribution in [2.75, 3.05) is 0 Å². The molecule has 0 fully saturated rings. The van der Waals surface area contributed by atoms with Crippen LogP contribution in [0.2, 0.25) is 0 Å². The third kappa shape index (κ3) is 4.75. The van der Waals surface area contributed by atoms with E-state index in [2.05, 4.69) is 6.92 Å². The number of hydrogen-bond acceptors (Lipinski definition) is 2. The zero-order valence-corrected chi connectivity index (χ0v) is 9.19. The zero-order valence-electron chi connectivity index (χ0n) is 9.19. The summed E-state index contributed by atoms with van der Waals surface area (Å²) >= 11 is 0. The lowest BCUT2D eigenvalue weighted by atomic mass is 10.2. The second-order valence-corrected chi connectivity index (χ2v) is 3.61. The average Bonchev–Trinajstić information content (AvgIpc) is 2.31. The number of benzene rings is 1. The summed E-state index contributed by atoms with van der Waals surface area (Å²) in [4.78, 5) is 10.7. The van der Waals surface area contributed by atoms with Gasteiger partial charge < -0.3 is 9.53 Å². The average molecular weight is 206 g/mol. The van der Waals surface area contributed by atoms with Gasteiger partial charge >= 0.3 is 0 Å². The number of carbonyl (C=O) groups is 1. The van der Waals surface area contributed by atoms with Gasteiger partial charge in [0.15, 0.2) is 0 Å². The van der Waals surface area contributed by atoms with Crippen molar-refractivity contribution < 1.29 is 9.53 Å². The van der Waals surface area contributed by atoms with Crippen LogP contribution in [0.25, 0.3) is 0 Å². The molecule has 0 radical (unpaired) electrons. The van der Waals surface area contributed by atoms with Gasteiger partial charge in [-0.15, -0.1) is 0 Å². The number of rotatable bonds is 7. The summed E-state index contributed by atoms with van der Waals surface area (Å²) in [6.07, 6.45) is 3.62. The summed E-state index contributed by atoms with van der Waals surface area (Å²) in [6, 6.07) is 9.92. The number of hydrogen-bond donors (Lipinski definition) is 0. The summed E-state index contributed by atoms with van der Waals surface area (Å²) in [5, 5.41) is 0. The first-order valence-corrected chi connectivity index (χ1v) is 5.47. The summed E-state index contributed by atoms with van der Waals surface area (Å²) in [7, 11) is 0. The first-order valence-electron chi connectivity index (χ1n) is 5.47. The van der Waals surface area contributed by atoms with Crippen molar-refractivity contribution in [2.24, 2.45) is 0 Å². The summed E-state index contributed by atoms with van der Waals surface area (Å²) in [6.45, 7) is 2.63. The van der Waals surface area contributed by atoms with Gasteiger partial charge in [-0.2, -0.15) is 0 Å². The summed E-state index contributed by atoms with van der Waals surface area (Å²) < 4.78 is 5.51. The predicted molar refractivity (Wildman–Crippen MR) is 60.6 cm³/mol. The largest absolute Gasteiger partial charge is 0.366 e. The third-order valence-corrected chi connectivity index (χ3v) is 2.30. The van der Waals surface area contributed by atoms with Crippen LogP contribution in [0.4, 0.5) is 0 Å². The third-order valence-electron chi connectivity index (χ3n) is 2.30. The Morgan fingerprint density at radius 2 is 2.07 bits per heavy atom. The number of unbranched alkanes of at least 4 members (excludes halogenated alkanes) is 1. The molecule has 0 saturated carbocycles. The molecular weight excluding hydrogens is 188 g/mol. The van der Waals surface area contributed by atoms with Crippen LogP contribution in [0.3, 0.4) is 0 Å². The van der Waals surface area contributed by atoms with Gasteiger partial charge in [-0.05, 0) is 12.0 Å². The fraction of sp³-hybridized carbons (Fsp3) is 0.462. The van der Waals surface area contributed by atoms with Crippen LogP contribution in [-0.2, 0) is 16.1 Å². The lowest BCUT2D eigenvalue weighted by Crippen LogP contribution is -2.14. The number of aldehydes is 1. The lowest BCUT2D eigenvalue weighted by Gasteiger charge is -2.11. The number of ether oxygens (including phenoxy) is 1. The molecule has 0 heterocycles. The highest BCUT2D eigenvalue weighted by Crippen LogP contribution is 2.07. The minimum Gasteiger partial charge on any atom is -0.366 e. The van der Waals surface area contributed by atoms with E-state index in [1.54, 1.807) is 0 Å². The molecule has 0 aliphatic rings. The van der Waals surface area contributed by atoms with Gasteiger partial charge in [-0.25, -0.2) is 0 Å². The van der Waals surface area contributed by atoms with E-state index in [1.165, 1.54) is 0 Å². The van der Waals surface area contributed by atoms with Crippen molar-refractivity contribution in [3.8, 4) is 0 Å². The molecule has 2 nitrogen and oxygen atoms in total. The zero-order chi connectivity index (χ0) is 10.9. The van der Waals surface area contributed by atoms with Crippen LogP contribution in [0.1, 0.15) is 31.7 Å². The van der Waals surface area contributed by atoms with Crippen LogP contribution in [0.5, 0.6) is 0 Å². The highest BCUT2D eigenvalue weighted by atomic mass is 16.5. The monoisotopic (exact) mass is 206 g/mol. The molecule has 0 aliphatic carbocycles. The van der Waals surface area contributed by atoms with Crippen LogP contribution >= 0.6 is 0 Å². The molecule has 15 heavy (non-hydrogen) atoms. The molecule has 82 valence electrons. The molecule has 1 atom stereocenters. The van der Waals surface area contributed by atoms with Crippen LogP contribution in [-0.4, -0.2) is 12.4 Å². The molecule has 1 rings (SSSR count). The number of carbonyl (C=O) groups excluding carboxylic acids is 1. The van der Waals surface area contributed by atoms with Crippen LogP contribution in [0, 0.1) is 0 Å². The van der Waals surface area contributed by atoms with E-state index in [1.807, 2.05) is 30.3 Å². The second kappa shape index (κ2) is 7.18. The molecule has 0 spiro atoms. The Labute approximate surface area is 91.3 Å². The van der Waals surface area contributed by atoms with Gasteiger partial charge in [-0.1, -0.05) is 50.1 Å². The highest BCUT2D eigenvalue weighted by Gasteiger charge is 2.06. The normalized spacial score (nSPS) is 12.3. The van der Waals surface area contributed by atoms with E-state index in [4.69, 9.17) is 4.74 Å². The minimum atomic E-state index is -0.245. The van der Waals surface area contributed by atoms with Crippen molar-refractivity contribution in [3.05, 3.63) is 35.9 Å². The van der Waals surface area contributed by atoms with Gasteiger partial charge in [0.25, 0.3) is 0 Å². The van der Waals surface area contributed by atoms with Crippen molar-refractivity contribution in [1.82, 2.24) is 0 Å². The fourth-order valence-electron chi connectivity index (χ4n) is 1.37. The first kappa shape index (κ1) is 11.9. The summed E-state index contributed by atoms with van der Waals surface area (Å²) in [5.41, 5.74) is 1.11. The van der Waals surface area contributed by atoms with Crippen LogP contribution in [0.15, 0.2) is 30.3 Å². The van der Waals surface area contributed by atoms with Gasteiger partial charge in [-0.3, -0.25) is 0 Å². The Morgan fingerprint density at radius 1 is 1.33 bits per heavy atom. The standard InChI is InChI=1S/C13H18O2/c1-2-3-9-13(10-14)15-11-12-7-5-4-6-8-12/h4-8,10,13H,2-3,9,11H2,1H3. The molecule has 0 saturated heterocycles. The highest BCUT2D eigenvalue weighted by molar-refractivity contribution is 5.55. The molecule has 0 aromatic heterocycles. The van der Waals surface area contributed by atoms with E-state index < -0.39 is 0 Å². The molecular formula is C13H18O2. The molecule has 0 amide bonds. The minimum absolute atomic E-state index is 0.245. The maximum atomic E-state index is 10.7. The quantitative estimate of drug-likeness (QED) is 0.641. The van der Waals surface area contributed by atoms with Crippen molar-refractivity contribution >= 4 is 6.29 Å². The first-order chi connectivity index (χ1) is 7.36. The Morgan fingerprint density at radius 3 is 2.67 bits per heavy atom. The predicted octanol–water partition coefficient (Wildman–Crippen LogP) is 2.96. The van der Waals surface area contributed by atoms with Crippen molar-refractivity contribution in [2.45, 2.75) is 38.9 Å².